The number of ether oxygens (including phenoxy) is 2. The molecule has 3 aliphatic heterocycles. The molecule has 210 valence electrons. The number of amides is 1. The monoisotopic (exact) mass is 555 g/mol. The summed E-state index contributed by atoms with van der Waals surface area (Å²) in [6.45, 7) is 6.67. The third kappa shape index (κ3) is 6.32. The van der Waals surface area contributed by atoms with Crippen molar-refractivity contribution in [1.29, 1.82) is 0 Å². The van der Waals surface area contributed by atoms with Gasteiger partial charge in [-0.3, -0.25) is 4.79 Å². The Kier molecular flexibility index (Phi) is 8.99. The highest BCUT2D eigenvalue weighted by Gasteiger charge is 2.55. The molecule has 1 aromatic rings. The van der Waals surface area contributed by atoms with Gasteiger partial charge in [0.2, 0.25) is 0 Å². The Hall–Kier alpha value is -2.64. The maximum atomic E-state index is 12.8. The lowest BCUT2D eigenvalue weighted by molar-refractivity contribution is -0.165. The van der Waals surface area contributed by atoms with Gasteiger partial charge >= 0.3 is 11.9 Å². The smallest absolute Gasteiger partial charge is 0.335 e. The van der Waals surface area contributed by atoms with Gasteiger partial charge in [0.1, 0.15) is 5.75 Å². The van der Waals surface area contributed by atoms with Gasteiger partial charge < -0.3 is 45.9 Å². The molecule has 2 unspecified atom stereocenters. The highest BCUT2D eigenvalue weighted by atomic mass is 35.5. The van der Waals surface area contributed by atoms with Crippen LogP contribution in [0, 0.1) is 23.7 Å². The number of benzene rings is 1. The van der Waals surface area contributed by atoms with Crippen molar-refractivity contribution in [3.63, 3.8) is 0 Å². The van der Waals surface area contributed by atoms with Crippen LogP contribution in [0.1, 0.15) is 28.8 Å². The number of halogens is 1. The van der Waals surface area contributed by atoms with Crippen LogP contribution in [0.4, 0.5) is 5.69 Å². The molecule has 13 heteroatoms. The van der Waals surface area contributed by atoms with Crippen molar-refractivity contribution in [2.75, 3.05) is 51.7 Å². The molecule has 1 amide bonds. The zero-order valence-electron chi connectivity index (χ0n) is 20.8. The third-order valence-corrected chi connectivity index (χ3v) is 8.04. The first-order valence-corrected chi connectivity index (χ1v) is 13.1. The van der Waals surface area contributed by atoms with Crippen molar-refractivity contribution in [3.05, 3.63) is 22.2 Å². The Morgan fingerprint density at radius 2 is 1.79 bits per heavy atom. The zero-order valence-corrected chi connectivity index (χ0v) is 21.6. The second-order valence-corrected chi connectivity index (χ2v) is 10.7. The number of hydrogen-bond donors (Lipinski definition) is 6. The Labute approximate surface area is 224 Å². The van der Waals surface area contributed by atoms with Gasteiger partial charge in [0.25, 0.3) is 5.91 Å². The molecule has 2 saturated heterocycles. The first-order valence-electron chi connectivity index (χ1n) is 12.7. The van der Waals surface area contributed by atoms with E-state index in [1.807, 2.05) is 0 Å². The van der Waals surface area contributed by atoms with Crippen LogP contribution in [0.5, 0.6) is 5.75 Å². The first-order chi connectivity index (χ1) is 18.1. The summed E-state index contributed by atoms with van der Waals surface area (Å²) in [6.07, 6.45) is -1.64. The van der Waals surface area contributed by atoms with Crippen molar-refractivity contribution in [2.24, 2.45) is 23.7 Å². The number of carbonyl (C=O) groups is 3. The van der Waals surface area contributed by atoms with Crippen molar-refractivity contribution < 1.29 is 44.3 Å². The topological polar surface area (TPSA) is 192 Å². The molecule has 4 aliphatic rings. The number of carboxylic acid groups (broad SMARTS) is 2. The Balaban J connectivity index is 0.000000289. The summed E-state index contributed by atoms with van der Waals surface area (Å²) in [5.74, 6) is -0.273. The van der Waals surface area contributed by atoms with E-state index in [1.54, 1.807) is 6.07 Å². The molecule has 6 atom stereocenters. The average molecular weight is 556 g/mol. The number of piperidine rings is 1. The van der Waals surface area contributed by atoms with Gasteiger partial charge in [-0.25, -0.2) is 9.59 Å². The number of nitrogens with one attached hydrogen (secondary N) is 1. The molecular formula is C25H34ClN3O9. The minimum atomic E-state index is -2.27. The third-order valence-electron chi connectivity index (χ3n) is 7.73. The Bertz CT molecular complexity index is 1040. The van der Waals surface area contributed by atoms with Crippen LogP contribution in [-0.4, -0.2) is 101 Å². The summed E-state index contributed by atoms with van der Waals surface area (Å²) < 4.78 is 11.3. The zero-order chi connectivity index (χ0) is 27.6. The van der Waals surface area contributed by atoms with Crippen molar-refractivity contribution in [3.8, 4) is 5.75 Å². The lowest BCUT2D eigenvalue weighted by Crippen LogP contribution is -2.39. The lowest BCUT2D eigenvalue weighted by atomic mass is 9.99. The van der Waals surface area contributed by atoms with E-state index in [4.69, 9.17) is 47.2 Å². The van der Waals surface area contributed by atoms with Crippen molar-refractivity contribution >= 4 is 35.1 Å². The van der Waals surface area contributed by atoms with Gasteiger partial charge in [0.05, 0.1) is 29.5 Å². The number of rotatable bonds is 8. The molecular weight excluding hydrogens is 522 g/mol. The fourth-order valence-corrected chi connectivity index (χ4v) is 5.78. The summed E-state index contributed by atoms with van der Waals surface area (Å²) in [5, 5.41) is 36.1. The standard InChI is InChI=1S/C21H28ClN3O3.C4H6O6/c22-18-6-14(20-13(19(18)23)2-1-4-28-20)21(26)24-7-15-16-9-25(10-17(15)16)8-12-3-5-27-11-12;5-1(3(7)8)2(6)4(9)10/h6,12,15-17H,1-5,7-11,23H2,(H,24,26);1-2,5-6H,(H,7,8)(H,9,10)/t12?,15?,16-,17+;1-,2-/m.1/s1. The van der Waals surface area contributed by atoms with Crippen LogP contribution in [0.3, 0.4) is 0 Å². The number of likely N-dealkylation sites (tertiary alicyclic amines) is 1. The van der Waals surface area contributed by atoms with Crippen LogP contribution in [0.25, 0.3) is 0 Å². The highest BCUT2D eigenvalue weighted by molar-refractivity contribution is 6.33. The molecule has 1 aliphatic carbocycles. The van der Waals surface area contributed by atoms with E-state index in [0.29, 0.717) is 40.5 Å². The molecule has 0 aromatic heterocycles. The quantitative estimate of drug-likeness (QED) is 0.238. The van der Waals surface area contributed by atoms with Gasteiger partial charge in [-0.1, -0.05) is 11.6 Å². The van der Waals surface area contributed by atoms with E-state index in [2.05, 4.69) is 10.2 Å². The van der Waals surface area contributed by atoms with E-state index in [9.17, 15) is 14.4 Å². The number of aliphatic hydroxyl groups is 2. The molecule has 3 fully saturated rings. The molecule has 1 saturated carbocycles. The fraction of sp³-hybridized carbons (Fsp3) is 0.640. The van der Waals surface area contributed by atoms with E-state index in [-0.39, 0.29) is 5.91 Å². The molecule has 0 radical (unpaired) electrons. The lowest BCUT2D eigenvalue weighted by Gasteiger charge is -2.23. The SMILES string of the molecule is Nc1c(Cl)cc(C(=O)NCC2[C@H]3CN(CC4CCOC4)C[C@@H]23)c2c1CCCO2.O=C(O)[C@H](O)[C@@H](O)C(=O)O. The second kappa shape index (κ2) is 12.0. The molecule has 0 bridgehead atoms. The number of fused-ring (bicyclic) bond motifs is 2. The highest BCUT2D eigenvalue weighted by Crippen LogP contribution is 2.51. The molecule has 1 aromatic carbocycles. The maximum absolute atomic E-state index is 12.8. The maximum Gasteiger partial charge on any atom is 0.335 e. The van der Waals surface area contributed by atoms with Gasteiger partial charge in [0.15, 0.2) is 12.2 Å². The van der Waals surface area contributed by atoms with Gasteiger partial charge in [-0.2, -0.15) is 0 Å². The average Bonchev–Trinajstić information content (AvgIpc) is 3.24. The van der Waals surface area contributed by atoms with E-state index >= 15 is 0 Å². The summed E-state index contributed by atoms with van der Waals surface area (Å²) in [6, 6.07) is 1.65. The van der Waals surface area contributed by atoms with E-state index in [1.165, 1.54) is 13.0 Å². The van der Waals surface area contributed by atoms with Crippen LogP contribution >= 0.6 is 11.6 Å². The number of carbonyl (C=O) groups excluding carboxylic acids is 1. The summed E-state index contributed by atoms with van der Waals surface area (Å²) in [4.78, 5) is 34.9. The van der Waals surface area contributed by atoms with Crippen LogP contribution in [0.15, 0.2) is 6.07 Å². The first kappa shape index (κ1) is 28.4. The fourth-order valence-electron chi connectivity index (χ4n) is 5.56. The van der Waals surface area contributed by atoms with Crippen LogP contribution in [-0.2, 0) is 20.7 Å². The predicted octanol–water partition coefficient (Wildman–Crippen LogP) is 0.0687. The molecule has 12 nitrogen and oxygen atoms in total. The predicted molar refractivity (Wildman–Crippen MR) is 135 cm³/mol. The second-order valence-electron chi connectivity index (χ2n) is 10.3. The summed E-state index contributed by atoms with van der Waals surface area (Å²) >= 11 is 6.26. The Morgan fingerprint density at radius 3 is 2.37 bits per heavy atom. The minimum Gasteiger partial charge on any atom is -0.492 e. The number of aliphatic carboxylic acids is 2. The van der Waals surface area contributed by atoms with Crippen LogP contribution < -0.4 is 15.8 Å². The Morgan fingerprint density at radius 1 is 1.13 bits per heavy atom. The minimum absolute atomic E-state index is 0.106. The number of anilines is 1. The summed E-state index contributed by atoms with van der Waals surface area (Å²) in [5.41, 5.74) is 8.01. The summed E-state index contributed by atoms with van der Waals surface area (Å²) in [7, 11) is 0. The van der Waals surface area contributed by atoms with E-state index in [0.717, 1.165) is 63.1 Å². The van der Waals surface area contributed by atoms with Gasteiger partial charge in [-0.15, -0.1) is 0 Å². The van der Waals surface area contributed by atoms with Crippen LogP contribution in [0.2, 0.25) is 5.02 Å². The molecule has 38 heavy (non-hydrogen) atoms. The van der Waals surface area contributed by atoms with Gasteiger partial charge in [-0.05, 0) is 49.0 Å². The number of hydrogen-bond acceptors (Lipinski definition) is 9. The van der Waals surface area contributed by atoms with Gasteiger partial charge in [0, 0.05) is 38.3 Å². The number of nitrogens with zero attached hydrogens (tertiary/aromatic N) is 1. The molecule has 3 heterocycles. The molecule has 5 rings (SSSR count). The number of nitrogens with two attached hydrogens (primary N) is 1. The number of nitrogen functional groups attached to an aromatic ring is 1. The van der Waals surface area contributed by atoms with Crippen molar-refractivity contribution in [1.82, 2.24) is 10.2 Å². The molecule has 0 spiro atoms. The van der Waals surface area contributed by atoms with E-state index < -0.39 is 24.1 Å². The normalized spacial score (nSPS) is 27.1. The number of aliphatic hydroxyl groups excluding tert-OH is 2. The molecule has 7 N–H and O–H groups in total. The largest absolute Gasteiger partial charge is 0.492 e. The van der Waals surface area contributed by atoms with Crippen molar-refractivity contribution in [2.45, 2.75) is 31.5 Å². The number of carboxylic acids is 2.